The summed E-state index contributed by atoms with van der Waals surface area (Å²) in [6.07, 6.45) is 84.6. The highest BCUT2D eigenvalue weighted by atomic mass is 16.6. The fourth-order valence-electron chi connectivity index (χ4n) is 10.8. The summed E-state index contributed by atoms with van der Waals surface area (Å²) in [7, 11) is 0. The highest BCUT2D eigenvalue weighted by Gasteiger charge is 2.19. The highest BCUT2D eigenvalue weighted by Crippen LogP contribution is 2.19. The molecule has 0 aliphatic carbocycles. The predicted molar refractivity (Wildman–Crippen MR) is 344 cm³/mol. The number of carbonyl (C=O) groups excluding carboxylic acids is 3. The van der Waals surface area contributed by atoms with Gasteiger partial charge in [0.25, 0.3) is 0 Å². The van der Waals surface area contributed by atoms with Crippen LogP contribution in [0.3, 0.4) is 0 Å². The fraction of sp³-hybridized carbons (Fsp3) is 0.877. The Kier molecular flexibility index (Phi) is 66.1. The molecule has 0 saturated heterocycles. The van der Waals surface area contributed by atoms with E-state index in [1.54, 1.807) is 0 Å². The average Bonchev–Trinajstić information content (AvgIpc) is 3.45. The van der Waals surface area contributed by atoms with Crippen molar-refractivity contribution in [2.45, 2.75) is 399 Å². The smallest absolute Gasteiger partial charge is 0.306 e. The van der Waals surface area contributed by atoms with Crippen molar-refractivity contribution in [1.82, 2.24) is 0 Å². The number of esters is 3. The second-order valence-electron chi connectivity index (χ2n) is 24.2. The lowest BCUT2D eigenvalue weighted by atomic mass is 10.0. The number of hydrogen-bond donors (Lipinski definition) is 0. The molecule has 79 heavy (non-hydrogen) atoms. The van der Waals surface area contributed by atoms with E-state index >= 15 is 0 Å². The largest absolute Gasteiger partial charge is 0.462 e. The Bertz CT molecular complexity index is 1320. The monoisotopic (exact) mass is 1110 g/mol. The van der Waals surface area contributed by atoms with E-state index < -0.39 is 6.10 Å². The normalized spacial score (nSPS) is 12.2. The molecule has 464 valence electrons. The minimum atomic E-state index is -0.767. The number of hydrogen-bond acceptors (Lipinski definition) is 6. The first-order valence-electron chi connectivity index (χ1n) is 35.5. The lowest BCUT2D eigenvalue weighted by molar-refractivity contribution is -0.167. The van der Waals surface area contributed by atoms with Crippen LogP contribution in [0.15, 0.2) is 36.5 Å². The lowest BCUT2D eigenvalue weighted by Crippen LogP contribution is -2.30. The van der Waals surface area contributed by atoms with Gasteiger partial charge in [-0.25, -0.2) is 0 Å². The van der Waals surface area contributed by atoms with Gasteiger partial charge >= 0.3 is 17.9 Å². The van der Waals surface area contributed by atoms with Gasteiger partial charge in [-0.15, -0.1) is 0 Å². The Morgan fingerprint density at radius 3 is 0.709 bits per heavy atom. The Hall–Kier alpha value is -2.37. The van der Waals surface area contributed by atoms with Crippen molar-refractivity contribution in [1.29, 1.82) is 0 Å². The summed E-state index contributed by atoms with van der Waals surface area (Å²) < 4.78 is 17.0. The maximum Gasteiger partial charge on any atom is 0.306 e. The number of ether oxygens (including phenoxy) is 3. The van der Waals surface area contributed by atoms with Crippen molar-refractivity contribution in [3.05, 3.63) is 36.5 Å². The molecule has 1 unspecified atom stereocenters. The molecule has 0 aromatic rings. The molecule has 0 amide bonds. The fourth-order valence-corrected chi connectivity index (χ4v) is 10.8. The molecule has 0 aliphatic heterocycles. The van der Waals surface area contributed by atoms with Crippen LogP contribution in [0.4, 0.5) is 0 Å². The average molecular weight is 1110 g/mol. The third kappa shape index (κ3) is 66.3. The first-order chi connectivity index (χ1) is 39.0. The Morgan fingerprint density at radius 2 is 0.456 bits per heavy atom. The molecule has 0 fully saturated rings. The molecule has 0 aliphatic rings. The van der Waals surface area contributed by atoms with Crippen LogP contribution < -0.4 is 0 Å². The van der Waals surface area contributed by atoms with Crippen LogP contribution in [-0.4, -0.2) is 37.2 Å². The molecule has 0 bridgehead atoms. The minimum absolute atomic E-state index is 0.0645. The quantitative estimate of drug-likeness (QED) is 0.0261. The van der Waals surface area contributed by atoms with Gasteiger partial charge in [0.05, 0.1) is 0 Å². The summed E-state index contributed by atoms with van der Waals surface area (Å²) in [6, 6.07) is 0. The standard InChI is InChI=1S/C73H136O6/c1-4-7-10-13-16-19-22-25-28-30-31-32-33-34-35-36-37-38-39-40-41-42-43-44-46-48-51-54-57-60-63-66-72(75)78-69-70(68-77-71(74)65-62-59-56-53-50-47-27-24-21-18-15-12-9-6-3)79-73(76)67-64-61-58-55-52-49-45-29-26-23-20-17-14-11-8-5-2/h22,25,30-31,33-34,70H,4-21,23-24,26-29,32,35-69H2,1-3H3/b25-22-,31-30-,34-33-. The van der Waals surface area contributed by atoms with Crippen molar-refractivity contribution >= 4 is 17.9 Å². The van der Waals surface area contributed by atoms with E-state index in [2.05, 4.69) is 57.2 Å². The van der Waals surface area contributed by atoms with E-state index in [1.165, 1.54) is 283 Å². The summed E-state index contributed by atoms with van der Waals surface area (Å²) in [5.74, 6) is -0.833. The Balaban J connectivity index is 4.15. The van der Waals surface area contributed by atoms with Crippen LogP contribution in [-0.2, 0) is 28.6 Å². The Morgan fingerprint density at radius 1 is 0.253 bits per heavy atom. The number of allylic oxidation sites excluding steroid dienone is 6. The van der Waals surface area contributed by atoms with Gasteiger partial charge < -0.3 is 14.2 Å². The molecule has 0 heterocycles. The summed E-state index contributed by atoms with van der Waals surface area (Å²) >= 11 is 0. The maximum absolute atomic E-state index is 12.9. The number of carbonyl (C=O) groups is 3. The molecular formula is C73H136O6. The van der Waals surface area contributed by atoms with Crippen molar-refractivity contribution in [3.63, 3.8) is 0 Å². The number of unbranched alkanes of at least 4 members (excludes halogenated alkanes) is 49. The minimum Gasteiger partial charge on any atom is -0.462 e. The Labute approximate surface area is 493 Å². The molecular weight excluding hydrogens is 973 g/mol. The molecule has 0 spiro atoms. The van der Waals surface area contributed by atoms with Crippen molar-refractivity contribution < 1.29 is 28.6 Å². The van der Waals surface area contributed by atoms with E-state index in [0.717, 1.165) is 70.6 Å². The lowest BCUT2D eigenvalue weighted by Gasteiger charge is -2.18. The van der Waals surface area contributed by atoms with Crippen LogP contribution in [0.25, 0.3) is 0 Å². The van der Waals surface area contributed by atoms with Gasteiger partial charge in [-0.3, -0.25) is 14.4 Å². The van der Waals surface area contributed by atoms with Gasteiger partial charge in [0.2, 0.25) is 0 Å². The van der Waals surface area contributed by atoms with Crippen LogP contribution in [0, 0.1) is 0 Å². The van der Waals surface area contributed by atoms with E-state index in [9.17, 15) is 14.4 Å². The van der Waals surface area contributed by atoms with Gasteiger partial charge in [-0.2, -0.15) is 0 Å². The summed E-state index contributed by atoms with van der Waals surface area (Å²) in [5, 5.41) is 0. The molecule has 0 radical (unpaired) electrons. The van der Waals surface area contributed by atoms with Crippen molar-refractivity contribution in [3.8, 4) is 0 Å². The van der Waals surface area contributed by atoms with Gasteiger partial charge in [0.1, 0.15) is 13.2 Å². The van der Waals surface area contributed by atoms with Gasteiger partial charge in [-0.05, 0) is 57.8 Å². The van der Waals surface area contributed by atoms with Crippen LogP contribution in [0.1, 0.15) is 393 Å². The van der Waals surface area contributed by atoms with Gasteiger partial charge in [0.15, 0.2) is 6.10 Å². The number of rotatable bonds is 66. The molecule has 0 aromatic carbocycles. The molecule has 0 aromatic heterocycles. The van der Waals surface area contributed by atoms with E-state index in [4.69, 9.17) is 14.2 Å². The van der Waals surface area contributed by atoms with Crippen LogP contribution in [0.2, 0.25) is 0 Å². The topological polar surface area (TPSA) is 78.9 Å². The van der Waals surface area contributed by atoms with Crippen molar-refractivity contribution in [2.24, 2.45) is 0 Å². The SMILES string of the molecule is CCCCCCC/C=C\C/C=C\C/C=C\CCCCCCCCCCCCCCCCCCC(=O)OCC(COC(=O)CCCCCCCCCCCCCCCC)OC(=O)CCCCCCCCCCCCCCCCCC. The zero-order chi connectivity index (χ0) is 57.1. The van der Waals surface area contributed by atoms with Crippen molar-refractivity contribution in [2.75, 3.05) is 13.2 Å². The third-order valence-corrected chi connectivity index (χ3v) is 16.1. The summed E-state index contributed by atoms with van der Waals surface area (Å²) in [5.41, 5.74) is 0. The summed E-state index contributed by atoms with van der Waals surface area (Å²) in [6.45, 7) is 6.70. The molecule has 0 saturated carbocycles. The van der Waals surface area contributed by atoms with Crippen LogP contribution >= 0.6 is 0 Å². The molecule has 0 rings (SSSR count). The van der Waals surface area contributed by atoms with Gasteiger partial charge in [0, 0.05) is 19.3 Å². The second-order valence-corrected chi connectivity index (χ2v) is 24.2. The zero-order valence-electron chi connectivity index (χ0n) is 53.4. The molecule has 1 atom stereocenters. The maximum atomic E-state index is 12.9. The van der Waals surface area contributed by atoms with E-state index in [0.29, 0.717) is 19.3 Å². The molecule has 0 N–H and O–H groups in total. The van der Waals surface area contributed by atoms with Gasteiger partial charge in [-0.1, -0.05) is 353 Å². The van der Waals surface area contributed by atoms with Crippen LogP contribution in [0.5, 0.6) is 0 Å². The predicted octanol–water partition coefficient (Wildman–Crippen LogP) is 24.3. The molecule has 6 heteroatoms. The zero-order valence-corrected chi connectivity index (χ0v) is 53.4. The third-order valence-electron chi connectivity index (χ3n) is 16.1. The summed E-state index contributed by atoms with van der Waals surface area (Å²) in [4.78, 5) is 38.4. The van der Waals surface area contributed by atoms with E-state index in [-0.39, 0.29) is 31.1 Å². The first-order valence-corrected chi connectivity index (χ1v) is 35.5. The second kappa shape index (κ2) is 68.1. The highest BCUT2D eigenvalue weighted by molar-refractivity contribution is 5.71. The first kappa shape index (κ1) is 76.6. The van der Waals surface area contributed by atoms with E-state index in [1.807, 2.05) is 0 Å². The molecule has 6 nitrogen and oxygen atoms in total.